The van der Waals surface area contributed by atoms with Crippen LogP contribution in [0.3, 0.4) is 0 Å². The third-order valence-corrected chi connectivity index (χ3v) is 3.94. The van der Waals surface area contributed by atoms with Gasteiger partial charge in [-0.05, 0) is 34.6 Å². The van der Waals surface area contributed by atoms with E-state index in [1.54, 1.807) is 27.7 Å². The van der Waals surface area contributed by atoms with E-state index in [0.29, 0.717) is 13.1 Å². The molecule has 0 saturated carbocycles. The van der Waals surface area contributed by atoms with Crippen molar-refractivity contribution in [2.24, 2.45) is 0 Å². The van der Waals surface area contributed by atoms with Crippen LogP contribution in [-0.4, -0.2) is 68.4 Å². The van der Waals surface area contributed by atoms with Gasteiger partial charge in [-0.1, -0.05) is 0 Å². The predicted molar refractivity (Wildman–Crippen MR) is 111 cm³/mol. The topological polar surface area (TPSA) is 152 Å². The fourth-order valence-corrected chi connectivity index (χ4v) is 2.61. The van der Waals surface area contributed by atoms with Crippen LogP contribution in [0.2, 0.25) is 0 Å². The molecule has 12 nitrogen and oxygen atoms in total. The van der Waals surface area contributed by atoms with Gasteiger partial charge in [0.2, 0.25) is 0 Å². The summed E-state index contributed by atoms with van der Waals surface area (Å²) < 4.78 is 17.1. The SMILES string of the molecule is CCOC(=O)c1cnn(CC)c1C(=O)O.CCOC(=O)c1cnn(CC)c1C(=O)OCC. The molecular formula is C20H28N4O8. The molecule has 0 amide bonds. The molecule has 176 valence electrons. The number of hydrogen-bond acceptors (Lipinski definition) is 9. The van der Waals surface area contributed by atoms with Crippen molar-refractivity contribution in [2.45, 2.75) is 47.7 Å². The Labute approximate surface area is 185 Å². The minimum Gasteiger partial charge on any atom is -0.476 e. The first-order valence-corrected chi connectivity index (χ1v) is 10.1. The highest BCUT2D eigenvalue weighted by molar-refractivity contribution is 6.02. The number of ether oxygens (including phenoxy) is 3. The molecule has 0 fully saturated rings. The zero-order valence-electron chi connectivity index (χ0n) is 18.8. The van der Waals surface area contributed by atoms with Crippen LogP contribution in [0.25, 0.3) is 0 Å². The number of carbonyl (C=O) groups is 4. The summed E-state index contributed by atoms with van der Waals surface area (Å²) in [6, 6.07) is 0. The first-order chi connectivity index (χ1) is 15.3. The van der Waals surface area contributed by atoms with Crippen LogP contribution in [0.5, 0.6) is 0 Å². The maximum atomic E-state index is 11.7. The lowest BCUT2D eigenvalue weighted by atomic mass is 10.2. The second-order valence-electron chi connectivity index (χ2n) is 5.91. The summed E-state index contributed by atoms with van der Waals surface area (Å²) in [7, 11) is 0. The van der Waals surface area contributed by atoms with Crippen molar-refractivity contribution in [3.63, 3.8) is 0 Å². The highest BCUT2D eigenvalue weighted by atomic mass is 16.5. The molecule has 0 aromatic carbocycles. The van der Waals surface area contributed by atoms with Crippen molar-refractivity contribution >= 4 is 23.9 Å². The fourth-order valence-electron chi connectivity index (χ4n) is 2.61. The number of esters is 3. The van der Waals surface area contributed by atoms with Gasteiger partial charge in [-0.3, -0.25) is 9.36 Å². The number of aryl methyl sites for hydroxylation is 2. The van der Waals surface area contributed by atoms with Crippen LogP contribution in [0.15, 0.2) is 12.4 Å². The number of aromatic carboxylic acids is 1. The summed E-state index contributed by atoms with van der Waals surface area (Å²) in [5.74, 6) is -2.96. The standard InChI is InChI=1S/C11H16N2O4.C9H12N2O4/c1-4-13-9(11(15)17-6-3)8(7-12-13)10(14)16-5-2;1-3-11-7(8(12)13)6(5-10-11)9(14)15-4-2/h7H,4-6H2,1-3H3;5H,3-4H2,1-2H3,(H,12,13). The Kier molecular flexibility index (Phi) is 10.6. The number of hydrogen-bond donors (Lipinski definition) is 1. The molecule has 2 heterocycles. The molecule has 12 heteroatoms. The van der Waals surface area contributed by atoms with E-state index < -0.39 is 23.9 Å². The molecule has 1 N–H and O–H groups in total. The minimum absolute atomic E-state index is 0.00815. The first kappa shape index (κ1) is 26.3. The average molecular weight is 452 g/mol. The Morgan fingerprint density at radius 1 is 0.719 bits per heavy atom. The summed E-state index contributed by atoms with van der Waals surface area (Å²) >= 11 is 0. The molecule has 0 spiro atoms. The van der Waals surface area contributed by atoms with Gasteiger partial charge >= 0.3 is 23.9 Å². The van der Waals surface area contributed by atoms with Gasteiger partial charge in [-0.25, -0.2) is 19.2 Å². The molecule has 32 heavy (non-hydrogen) atoms. The Hall–Kier alpha value is -3.70. The van der Waals surface area contributed by atoms with Crippen LogP contribution in [0.4, 0.5) is 0 Å². The summed E-state index contributed by atoms with van der Waals surface area (Å²) in [5.41, 5.74) is 0.155. The number of carbonyl (C=O) groups excluding carboxylic acids is 3. The molecular weight excluding hydrogens is 424 g/mol. The van der Waals surface area contributed by atoms with E-state index in [0.717, 1.165) is 0 Å². The summed E-state index contributed by atoms with van der Waals surface area (Å²) in [6.45, 7) is 10.2. The Bertz CT molecular complexity index is 948. The van der Waals surface area contributed by atoms with Crippen molar-refractivity contribution in [1.29, 1.82) is 0 Å². The quantitative estimate of drug-likeness (QED) is 0.442. The van der Waals surface area contributed by atoms with E-state index >= 15 is 0 Å². The molecule has 2 rings (SSSR count). The minimum atomic E-state index is -1.18. The van der Waals surface area contributed by atoms with Crippen molar-refractivity contribution in [3.05, 3.63) is 34.9 Å². The number of carboxylic acids is 1. The molecule has 0 aliphatic heterocycles. The summed E-state index contributed by atoms with van der Waals surface area (Å²) in [4.78, 5) is 45.6. The largest absolute Gasteiger partial charge is 0.476 e. The molecule has 0 bridgehead atoms. The molecule has 0 aliphatic rings. The smallest absolute Gasteiger partial charge is 0.357 e. The molecule has 2 aromatic heterocycles. The normalized spacial score (nSPS) is 10.0. The van der Waals surface area contributed by atoms with E-state index in [4.69, 9.17) is 19.3 Å². The predicted octanol–water partition coefficient (Wildman–Crippen LogP) is 2.03. The van der Waals surface area contributed by atoms with Crippen LogP contribution < -0.4 is 0 Å². The van der Waals surface area contributed by atoms with Crippen molar-refractivity contribution in [1.82, 2.24) is 19.6 Å². The Morgan fingerprint density at radius 3 is 1.47 bits per heavy atom. The number of rotatable bonds is 9. The van der Waals surface area contributed by atoms with Gasteiger partial charge in [0.05, 0.1) is 32.2 Å². The second kappa shape index (κ2) is 12.9. The van der Waals surface area contributed by atoms with Gasteiger partial charge in [0.15, 0.2) is 11.4 Å². The van der Waals surface area contributed by atoms with E-state index in [2.05, 4.69) is 10.2 Å². The zero-order chi connectivity index (χ0) is 24.3. The Morgan fingerprint density at radius 2 is 1.09 bits per heavy atom. The lowest BCUT2D eigenvalue weighted by Gasteiger charge is -2.06. The van der Waals surface area contributed by atoms with Gasteiger partial charge in [0, 0.05) is 13.1 Å². The van der Waals surface area contributed by atoms with Crippen molar-refractivity contribution in [3.8, 4) is 0 Å². The van der Waals surface area contributed by atoms with Crippen molar-refractivity contribution in [2.75, 3.05) is 19.8 Å². The van der Waals surface area contributed by atoms with E-state index in [1.807, 2.05) is 6.92 Å². The lowest BCUT2D eigenvalue weighted by molar-refractivity contribution is 0.0470. The molecule has 0 radical (unpaired) electrons. The number of carboxylic acid groups (broad SMARTS) is 1. The Balaban J connectivity index is 0.000000323. The van der Waals surface area contributed by atoms with E-state index in [9.17, 15) is 19.2 Å². The number of nitrogens with zero attached hydrogens (tertiary/aromatic N) is 4. The van der Waals surface area contributed by atoms with Gasteiger partial charge in [0.1, 0.15) is 11.1 Å². The monoisotopic (exact) mass is 452 g/mol. The van der Waals surface area contributed by atoms with E-state index in [1.165, 1.54) is 21.8 Å². The highest BCUT2D eigenvalue weighted by Crippen LogP contribution is 2.12. The van der Waals surface area contributed by atoms with Gasteiger partial charge in [-0.15, -0.1) is 0 Å². The molecule has 2 aromatic rings. The highest BCUT2D eigenvalue weighted by Gasteiger charge is 2.25. The molecule has 0 aliphatic carbocycles. The third kappa shape index (κ3) is 6.40. The van der Waals surface area contributed by atoms with E-state index in [-0.39, 0.29) is 42.3 Å². The van der Waals surface area contributed by atoms with Crippen LogP contribution in [0.1, 0.15) is 76.3 Å². The molecule has 0 atom stereocenters. The van der Waals surface area contributed by atoms with Gasteiger partial charge in [-0.2, -0.15) is 10.2 Å². The maximum absolute atomic E-state index is 11.7. The third-order valence-electron chi connectivity index (χ3n) is 3.94. The summed E-state index contributed by atoms with van der Waals surface area (Å²) in [5, 5.41) is 16.7. The second-order valence-corrected chi connectivity index (χ2v) is 5.91. The molecule has 0 unspecified atom stereocenters. The molecule has 0 saturated heterocycles. The van der Waals surface area contributed by atoms with Crippen LogP contribution >= 0.6 is 0 Å². The lowest BCUT2D eigenvalue weighted by Crippen LogP contribution is -2.17. The number of aromatic nitrogens is 4. The summed E-state index contributed by atoms with van der Waals surface area (Å²) in [6.07, 6.45) is 2.54. The van der Waals surface area contributed by atoms with Crippen LogP contribution in [-0.2, 0) is 27.3 Å². The van der Waals surface area contributed by atoms with Crippen LogP contribution in [0, 0.1) is 0 Å². The fraction of sp³-hybridized carbons (Fsp3) is 0.500. The maximum Gasteiger partial charge on any atom is 0.357 e. The average Bonchev–Trinajstić information content (AvgIpc) is 3.39. The first-order valence-electron chi connectivity index (χ1n) is 10.1. The van der Waals surface area contributed by atoms with Crippen molar-refractivity contribution < 1.29 is 38.5 Å². The zero-order valence-corrected chi connectivity index (χ0v) is 18.8. The van der Waals surface area contributed by atoms with Gasteiger partial charge in [0.25, 0.3) is 0 Å². The van der Waals surface area contributed by atoms with Gasteiger partial charge < -0.3 is 19.3 Å².